The first-order valence-corrected chi connectivity index (χ1v) is 9.40. The maximum atomic E-state index is 11.7. The molecule has 5 nitrogen and oxygen atoms in total. The van der Waals surface area contributed by atoms with Gasteiger partial charge in [-0.2, -0.15) is 8.42 Å². The summed E-state index contributed by atoms with van der Waals surface area (Å²) in [5.41, 5.74) is 0.437. The van der Waals surface area contributed by atoms with Crippen molar-refractivity contribution in [1.29, 1.82) is 0 Å². The minimum Gasteiger partial charge on any atom is -0.872 e. The van der Waals surface area contributed by atoms with Gasteiger partial charge < -0.3 is 9.84 Å². The van der Waals surface area contributed by atoms with E-state index in [-0.39, 0.29) is 62.0 Å². The fourth-order valence-corrected chi connectivity index (χ4v) is 3.29. The molecule has 2 rings (SSSR count). The van der Waals surface area contributed by atoms with E-state index in [4.69, 9.17) is 4.74 Å². The molecule has 0 aliphatic heterocycles. The average molecular weight is 389 g/mol. The molecule has 2 aromatic carbocycles. The SMILES string of the molecule is CCCCCCc1c(Oc2cccc([O-])c2)cccc1S(=O)(=O)O.[K+]. The van der Waals surface area contributed by atoms with Crippen LogP contribution in [0, 0.1) is 0 Å². The Morgan fingerprint density at radius 3 is 2.44 bits per heavy atom. The third-order valence-electron chi connectivity index (χ3n) is 3.68. The van der Waals surface area contributed by atoms with E-state index in [0.717, 1.165) is 25.7 Å². The molecule has 0 radical (unpaired) electrons. The van der Waals surface area contributed by atoms with E-state index in [0.29, 0.717) is 23.5 Å². The maximum absolute atomic E-state index is 11.7. The summed E-state index contributed by atoms with van der Waals surface area (Å²) in [7, 11) is -4.34. The van der Waals surface area contributed by atoms with E-state index in [1.807, 2.05) is 0 Å². The Morgan fingerprint density at radius 1 is 1.08 bits per heavy atom. The van der Waals surface area contributed by atoms with Crippen molar-refractivity contribution in [2.24, 2.45) is 0 Å². The van der Waals surface area contributed by atoms with Crippen molar-refractivity contribution in [2.75, 3.05) is 0 Å². The molecule has 0 unspecified atom stereocenters. The fourth-order valence-electron chi connectivity index (χ4n) is 2.52. The summed E-state index contributed by atoms with van der Waals surface area (Å²) in [4.78, 5) is -0.144. The zero-order chi connectivity index (χ0) is 17.6. The monoisotopic (exact) mass is 388 g/mol. The zero-order valence-electron chi connectivity index (χ0n) is 14.6. The molecule has 0 fully saturated rings. The predicted molar refractivity (Wildman–Crippen MR) is 90.1 cm³/mol. The number of hydrogen-bond acceptors (Lipinski definition) is 4. The van der Waals surface area contributed by atoms with E-state index in [2.05, 4.69) is 6.92 Å². The van der Waals surface area contributed by atoms with Crippen LogP contribution in [0.4, 0.5) is 0 Å². The molecule has 25 heavy (non-hydrogen) atoms. The third-order valence-corrected chi connectivity index (χ3v) is 4.62. The van der Waals surface area contributed by atoms with E-state index in [1.165, 1.54) is 24.3 Å². The standard InChI is InChI=1S/C18H22O5S.K/c1-2-3-4-5-10-16-17(11-7-12-18(16)24(20,21)22)23-15-9-6-8-14(19)13-15;/h6-9,11-13,19H,2-5,10H2,1H3,(H,20,21,22);/q;+1/p-1. The largest absolute Gasteiger partial charge is 1.00 e. The Balaban J connectivity index is 0.00000312. The van der Waals surface area contributed by atoms with Gasteiger partial charge in [0, 0.05) is 5.56 Å². The Labute approximate surface area is 191 Å². The maximum Gasteiger partial charge on any atom is 1.00 e. The average Bonchev–Trinajstić information content (AvgIpc) is 2.51. The minimum absolute atomic E-state index is 0. The van der Waals surface area contributed by atoms with Crippen molar-refractivity contribution in [3.05, 3.63) is 48.0 Å². The smallest absolute Gasteiger partial charge is 0.872 e. The molecule has 0 amide bonds. The van der Waals surface area contributed by atoms with E-state index >= 15 is 0 Å². The Kier molecular flexibility index (Phi) is 9.65. The van der Waals surface area contributed by atoms with Crippen LogP contribution in [0.15, 0.2) is 47.4 Å². The number of ether oxygens (including phenoxy) is 1. The second-order valence-electron chi connectivity index (χ2n) is 5.60. The van der Waals surface area contributed by atoms with Crippen LogP contribution in [0.1, 0.15) is 38.2 Å². The van der Waals surface area contributed by atoms with Crippen LogP contribution in [0.3, 0.4) is 0 Å². The van der Waals surface area contributed by atoms with Gasteiger partial charge >= 0.3 is 51.4 Å². The van der Waals surface area contributed by atoms with Gasteiger partial charge in [0.15, 0.2) is 0 Å². The summed E-state index contributed by atoms with van der Waals surface area (Å²) in [6.07, 6.45) is 4.36. The molecule has 0 atom stereocenters. The second-order valence-corrected chi connectivity index (χ2v) is 6.99. The molecule has 0 aromatic heterocycles. The van der Waals surface area contributed by atoms with Gasteiger partial charge in [0.2, 0.25) is 0 Å². The number of hydrogen-bond donors (Lipinski definition) is 1. The molecular formula is C18H21KO5S. The normalized spacial score (nSPS) is 11.0. The van der Waals surface area contributed by atoms with Gasteiger partial charge in [-0.05, 0) is 37.1 Å². The second kappa shape index (κ2) is 10.7. The molecule has 0 saturated heterocycles. The van der Waals surface area contributed by atoms with Crippen LogP contribution in [0.5, 0.6) is 17.2 Å². The van der Waals surface area contributed by atoms with E-state index in [9.17, 15) is 18.1 Å². The first kappa shape index (κ1) is 22.6. The molecule has 7 heteroatoms. The number of rotatable bonds is 8. The van der Waals surface area contributed by atoms with Crippen LogP contribution in [-0.4, -0.2) is 13.0 Å². The molecule has 2 aromatic rings. The molecule has 0 aliphatic carbocycles. The molecule has 0 aliphatic rings. The molecule has 0 saturated carbocycles. The third kappa shape index (κ3) is 7.01. The van der Waals surface area contributed by atoms with Crippen LogP contribution in [-0.2, 0) is 16.5 Å². The molecular weight excluding hydrogens is 367 g/mol. The fraction of sp³-hybridized carbons (Fsp3) is 0.333. The Bertz CT molecular complexity index is 790. The first-order chi connectivity index (χ1) is 11.4. The Morgan fingerprint density at radius 2 is 1.80 bits per heavy atom. The predicted octanol–water partition coefficient (Wildman–Crippen LogP) is 0.926. The van der Waals surface area contributed by atoms with Crippen LogP contribution in [0.2, 0.25) is 0 Å². The van der Waals surface area contributed by atoms with E-state index < -0.39 is 10.1 Å². The van der Waals surface area contributed by atoms with Gasteiger partial charge in [-0.25, -0.2) is 0 Å². The molecule has 0 spiro atoms. The first-order valence-electron chi connectivity index (χ1n) is 7.96. The van der Waals surface area contributed by atoms with Crippen molar-refractivity contribution in [3.8, 4) is 17.2 Å². The molecule has 0 bridgehead atoms. The van der Waals surface area contributed by atoms with Gasteiger partial charge in [0.1, 0.15) is 16.4 Å². The molecule has 0 heterocycles. The number of unbranched alkanes of at least 4 members (excludes halogenated alkanes) is 3. The summed E-state index contributed by atoms with van der Waals surface area (Å²) in [6, 6.07) is 10.5. The summed E-state index contributed by atoms with van der Waals surface area (Å²) >= 11 is 0. The van der Waals surface area contributed by atoms with Gasteiger partial charge in [-0.1, -0.05) is 44.4 Å². The minimum atomic E-state index is -4.34. The van der Waals surface area contributed by atoms with Gasteiger partial charge in [-0.15, -0.1) is 5.75 Å². The summed E-state index contributed by atoms with van der Waals surface area (Å²) in [5.74, 6) is 0.486. The van der Waals surface area contributed by atoms with Crippen LogP contribution < -0.4 is 61.2 Å². The molecule has 1 N–H and O–H groups in total. The quantitative estimate of drug-likeness (QED) is 0.413. The van der Waals surface area contributed by atoms with E-state index in [1.54, 1.807) is 18.2 Å². The topological polar surface area (TPSA) is 86.7 Å². The van der Waals surface area contributed by atoms with Gasteiger partial charge in [0.05, 0.1) is 0 Å². The summed E-state index contributed by atoms with van der Waals surface area (Å²) in [6.45, 7) is 2.09. The summed E-state index contributed by atoms with van der Waals surface area (Å²) in [5, 5.41) is 11.4. The van der Waals surface area contributed by atoms with Gasteiger partial charge in [-0.3, -0.25) is 4.55 Å². The van der Waals surface area contributed by atoms with Crippen molar-refractivity contribution in [1.82, 2.24) is 0 Å². The number of benzene rings is 2. The summed E-state index contributed by atoms with van der Waals surface area (Å²) < 4.78 is 38.5. The van der Waals surface area contributed by atoms with Crippen molar-refractivity contribution in [2.45, 2.75) is 43.9 Å². The van der Waals surface area contributed by atoms with Crippen LogP contribution >= 0.6 is 0 Å². The van der Waals surface area contributed by atoms with Crippen LogP contribution in [0.25, 0.3) is 0 Å². The zero-order valence-corrected chi connectivity index (χ0v) is 18.5. The van der Waals surface area contributed by atoms with Crippen molar-refractivity contribution in [3.63, 3.8) is 0 Å². The Hall–Kier alpha value is -0.414. The van der Waals surface area contributed by atoms with Gasteiger partial charge in [0.25, 0.3) is 10.1 Å². The van der Waals surface area contributed by atoms with Crippen molar-refractivity contribution < 1.29 is 74.2 Å². The van der Waals surface area contributed by atoms with Crippen molar-refractivity contribution >= 4 is 10.1 Å². The molecule has 130 valence electrons.